The largest absolute Gasteiger partial charge is 0.353 e. The predicted octanol–water partition coefficient (Wildman–Crippen LogP) is 1.25. The van der Waals surface area contributed by atoms with Gasteiger partial charge in [-0.3, -0.25) is 4.79 Å². The molecule has 0 aromatic rings. The summed E-state index contributed by atoms with van der Waals surface area (Å²) in [6.07, 6.45) is 5.62. The lowest BCUT2D eigenvalue weighted by molar-refractivity contribution is -0.116. The van der Waals surface area contributed by atoms with Gasteiger partial charge in [0.1, 0.15) is 0 Å². The van der Waals surface area contributed by atoms with Crippen molar-refractivity contribution in [1.29, 1.82) is 0 Å². The van der Waals surface area contributed by atoms with E-state index in [0.717, 1.165) is 13.0 Å². The summed E-state index contributed by atoms with van der Waals surface area (Å²) in [6.45, 7) is 6.19. The van der Waals surface area contributed by atoms with Gasteiger partial charge in [0, 0.05) is 12.6 Å². The van der Waals surface area contributed by atoms with Crippen LogP contribution in [0, 0.1) is 0 Å². The first-order chi connectivity index (χ1) is 4.81. The highest BCUT2D eigenvalue weighted by molar-refractivity contribution is 5.87. The van der Waals surface area contributed by atoms with Gasteiger partial charge in [0.15, 0.2) is 0 Å². The number of nitrogens with one attached hydrogen (secondary N) is 1. The lowest BCUT2D eigenvalue weighted by Crippen LogP contribution is -2.21. The average molecular weight is 139 g/mol. The highest BCUT2D eigenvalue weighted by Crippen LogP contribution is 1.75. The van der Waals surface area contributed by atoms with Crippen molar-refractivity contribution in [3.8, 4) is 0 Å². The van der Waals surface area contributed by atoms with Crippen LogP contribution < -0.4 is 5.32 Å². The number of allylic oxidation sites excluding steroid dienone is 2. The molecule has 2 nitrogen and oxygen atoms in total. The van der Waals surface area contributed by atoms with E-state index in [1.165, 1.54) is 6.08 Å². The Hall–Kier alpha value is -1.05. The Morgan fingerprint density at radius 1 is 1.70 bits per heavy atom. The fourth-order valence-electron chi connectivity index (χ4n) is 0.463. The van der Waals surface area contributed by atoms with Crippen molar-refractivity contribution in [3.05, 3.63) is 24.8 Å². The minimum absolute atomic E-state index is 0.0539. The van der Waals surface area contributed by atoms with Gasteiger partial charge in [-0.05, 0) is 6.42 Å². The molecule has 2 heteroatoms. The molecule has 0 aliphatic carbocycles. The maximum absolute atomic E-state index is 10.7. The van der Waals surface area contributed by atoms with Gasteiger partial charge in [-0.1, -0.05) is 25.7 Å². The van der Waals surface area contributed by atoms with Crippen LogP contribution in [-0.4, -0.2) is 12.5 Å². The van der Waals surface area contributed by atoms with E-state index in [2.05, 4.69) is 11.9 Å². The molecule has 0 aromatic heterocycles. The number of carbonyl (C=O) groups excluding carboxylic acids is 1. The Bertz CT molecular complexity index is 138. The van der Waals surface area contributed by atoms with Crippen LogP contribution in [-0.2, 0) is 4.79 Å². The Kier molecular flexibility index (Phi) is 5.44. The van der Waals surface area contributed by atoms with Crippen LogP contribution in [0.15, 0.2) is 24.8 Å². The molecular weight excluding hydrogens is 126 g/mol. The Labute approximate surface area is 61.6 Å². The molecule has 56 valence electrons. The minimum Gasteiger partial charge on any atom is -0.353 e. The topological polar surface area (TPSA) is 29.1 Å². The third-order valence-electron chi connectivity index (χ3n) is 0.933. The van der Waals surface area contributed by atoms with E-state index < -0.39 is 0 Å². The summed E-state index contributed by atoms with van der Waals surface area (Å²) in [5, 5.41) is 2.69. The van der Waals surface area contributed by atoms with Crippen molar-refractivity contribution in [1.82, 2.24) is 5.32 Å². The SMILES string of the molecule is C=C/C=C/C(=O)NCCC. The van der Waals surface area contributed by atoms with E-state index in [1.807, 2.05) is 6.92 Å². The maximum Gasteiger partial charge on any atom is 0.243 e. The first-order valence-corrected chi connectivity index (χ1v) is 3.38. The summed E-state index contributed by atoms with van der Waals surface area (Å²) in [4.78, 5) is 10.7. The van der Waals surface area contributed by atoms with Crippen LogP contribution in [0.3, 0.4) is 0 Å². The van der Waals surface area contributed by atoms with Gasteiger partial charge in [-0.2, -0.15) is 0 Å². The third kappa shape index (κ3) is 5.09. The van der Waals surface area contributed by atoms with Crippen LogP contribution in [0.25, 0.3) is 0 Å². The highest BCUT2D eigenvalue weighted by Gasteiger charge is 1.88. The van der Waals surface area contributed by atoms with Gasteiger partial charge >= 0.3 is 0 Å². The Balaban J connectivity index is 3.43. The Morgan fingerprint density at radius 3 is 2.90 bits per heavy atom. The van der Waals surface area contributed by atoms with E-state index in [9.17, 15) is 4.79 Å². The fourth-order valence-corrected chi connectivity index (χ4v) is 0.463. The first kappa shape index (κ1) is 8.95. The van der Waals surface area contributed by atoms with Crippen molar-refractivity contribution in [3.63, 3.8) is 0 Å². The summed E-state index contributed by atoms with van der Waals surface area (Å²) in [6, 6.07) is 0. The van der Waals surface area contributed by atoms with Crippen LogP contribution >= 0.6 is 0 Å². The smallest absolute Gasteiger partial charge is 0.243 e. The molecule has 0 aliphatic rings. The number of carbonyl (C=O) groups is 1. The van der Waals surface area contributed by atoms with Crippen LogP contribution in [0.5, 0.6) is 0 Å². The van der Waals surface area contributed by atoms with Crippen LogP contribution in [0.1, 0.15) is 13.3 Å². The van der Waals surface area contributed by atoms with Gasteiger partial charge in [0.05, 0.1) is 0 Å². The van der Waals surface area contributed by atoms with Crippen LogP contribution in [0.4, 0.5) is 0 Å². The highest BCUT2D eigenvalue weighted by atomic mass is 16.1. The summed E-state index contributed by atoms with van der Waals surface area (Å²) >= 11 is 0. The second-order valence-corrected chi connectivity index (χ2v) is 1.89. The van der Waals surface area contributed by atoms with E-state index in [4.69, 9.17) is 0 Å². The summed E-state index contributed by atoms with van der Waals surface area (Å²) in [5.41, 5.74) is 0. The van der Waals surface area contributed by atoms with Crippen molar-refractivity contribution < 1.29 is 4.79 Å². The molecule has 0 aromatic carbocycles. The molecule has 0 bridgehead atoms. The molecule has 1 N–H and O–H groups in total. The quantitative estimate of drug-likeness (QED) is 0.461. The number of amides is 1. The molecule has 0 saturated heterocycles. The standard InChI is InChI=1S/C8H13NO/c1-3-5-6-8(10)9-7-4-2/h3,5-6H,1,4,7H2,2H3,(H,9,10)/b6-5+. The molecule has 0 heterocycles. The van der Waals surface area contributed by atoms with E-state index in [0.29, 0.717) is 0 Å². The second kappa shape index (κ2) is 6.08. The number of hydrogen-bond acceptors (Lipinski definition) is 1. The zero-order valence-electron chi connectivity index (χ0n) is 6.26. The molecule has 0 saturated carbocycles. The molecule has 0 fully saturated rings. The van der Waals surface area contributed by atoms with Gasteiger partial charge < -0.3 is 5.32 Å². The summed E-state index contributed by atoms with van der Waals surface area (Å²) in [7, 11) is 0. The van der Waals surface area contributed by atoms with E-state index in [1.54, 1.807) is 12.2 Å². The van der Waals surface area contributed by atoms with Crippen molar-refractivity contribution >= 4 is 5.91 Å². The predicted molar refractivity (Wildman–Crippen MR) is 42.6 cm³/mol. The van der Waals surface area contributed by atoms with Crippen molar-refractivity contribution in [2.75, 3.05) is 6.54 Å². The summed E-state index contributed by atoms with van der Waals surface area (Å²) in [5.74, 6) is -0.0539. The zero-order chi connectivity index (χ0) is 7.82. The molecular formula is C8H13NO. The van der Waals surface area contributed by atoms with Crippen molar-refractivity contribution in [2.45, 2.75) is 13.3 Å². The fraction of sp³-hybridized carbons (Fsp3) is 0.375. The lowest BCUT2D eigenvalue weighted by atomic mass is 10.4. The molecule has 0 unspecified atom stereocenters. The van der Waals surface area contributed by atoms with E-state index in [-0.39, 0.29) is 5.91 Å². The maximum atomic E-state index is 10.7. The Morgan fingerprint density at radius 2 is 2.40 bits per heavy atom. The lowest BCUT2D eigenvalue weighted by Gasteiger charge is -1.95. The normalized spacial score (nSPS) is 9.70. The van der Waals surface area contributed by atoms with Gasteiger partial charge in [0.2, 0.25) is 5.91 Å². The number of hydrogen-bond donors (Lipinski definition) is 1. The zero-order valence-corrected chi connectivity index (χ0v) is 6.26. The van der Waals surface area contributed by atoms with E-state index >= 15 is 0 Å². The molecule has 0 radical (unpaired) electrons. The molecule has 10 heavy (non-hydrogen) atoms. The molecule has 1 amide bonds. The molecule has 0 rings (SSSR count). The number of rotatable bonds is 4. The molecule has 0 atom stereocenters. The third-order valence-corrected chi connectivity index (χ3v) is 0.933. The average Bonchev–Trinajstić information content (AvgIpc) is 1.97. The summed E-state index contributed by atoms with van der Waals surface area (Å²) < 4.78 is 0. The second-order valence-electron chi connectivity index (χ2n) is 1.89. The van der Waals surface area contributed by atoms with Gasteiger partial charge in [0.25, 0.3) is 0 Å². The van der Waals surface area contributed by atoms with Gasteiger partial charge in [-0.25, -0.2) is 0 Å². The minimum atomic E-state index is -0.0539. The monoisotopic (exact) mass is 139 g/mol. The molecule has 0 aliphatic heterocycles. The first-order valence-electron chi connectivity index (χ1n) is 3.38. The van der Waals surface area contributed by atoms with Gasteiger partial charge in [-0.15, -0.1) is 0 Å². The van der Waals surface area contributed by atoms with Crippen LogP contribution in [0.2, 0.25) is 0 Å². The van der Waals surface area contributed by atoms with Crippen molar-refractivity contribution in [2.24, 2.45) is 0 Å². The molecule has 0 spiro atoms.